The van der Waals surface area contributed by atoms with Gasteiger partial charge in [0.05, 0.1) is 6.10 Å². The van der Waals surface area contributed by atoms with Crippen LogP contribution in [0.2, 0.25) is 0 Å². The van der Waals surface area contributed by atoms with E-state index in [-0.39, 0.29) is 11.5 Å². The highest BCUT2D eigenvalue weighted by Crippen LogP contribution is 2.20. The zero-order valence-electron chi connectivity index (χ0n) is 7.27. The molecule has 3 N–H and O–H groups in total. The molecule has 0 aliphatic rings. The van der Waals surface area contributed by atoms with Crippen molar-refractivity contribution in [2.75, 3.05) is 6.73 Å². The molecule has 0 aromatic carbocycles. The number of hydrogen-bond acceptors (Lipinski definition) is 3. The zero-order valence-corrected chi connectivity index (χ0v) is 7.27. The van der Waals surface area contributed by atoms with Crippen molar-refractivity contribution in [3.05, 3.63) is 0 Å². The maximum Gasteiger partial charge on any atom is 0.109 e. The van der Waals surface area contributed by atoms with Gasteiger partial charge in [-0.3, -0.25) is 5.84 Å². The second kappa shape index (κ2) is 3.91. The summed E-state index contributed by atoms with van der Waals surface area (Å²) in [5, 5.41) is 0. The lowest BCUT2D eigenvalue weighted by molar-refractivity contribution is -0.0137. The summed E-state index contributed by atoms with van der Waals surface area (Å²) in [6.45, 7) is 8.85. The first-order chi connectivity index (χ1) is 4.48. The minimum atomic E-state index is 0.191. The van der Waals surface area contributed by atoms with Crippen molar-refractivity contribution in [1.82, 2.24) is 5.43 Å². The highest BCUT2D eigenvalue weighted by atomic mass is 16.5. The summed E-state index contributed by atoms with van der Waals surface area (Å²) >= 11 is 0. The monoisotopic (exact) mass is 146 g/mol. The lowest BCUT2D eigenvalue weighted by Crippen LogP contribution is -2.33. The molecule has 0 saturated heterocycles. The Labute approximate surface area is 62.9 Å². The van der Waals surface area contributed by atoms with Gasteiger partial charge in [0.15, 0.2) is 0 Å². The molecule has 0 spiro atoms. The van der Waals surface area contributed by atoms with Crippen molar-refractivity contribution >= 4 is 0 Å². The van der Waals surface area contributed by atoms with Gasteiger partial charge in [-0.25, -0.2) is 5.43 Å². The first-order valence-electron chi connectivity index (χ1n) is 3.53. The Morgan fingerprint density at radius 2 is 2.00 bits per heavy atom. The van der Waals surface area contributed by atoms with E-state index in [0.717, 1.165) is 0 Å². The smallest absolute Gasteiger partial charge is 0.109 e. The van der Waals surface area contributed by atoms with Crippen LogP contribution in [0.1, 0.15) is 27.7 Å². The van der Waals surface area contributed by atoms with Gasteiger partial charge in [-0.2, -0.15) is 0 Å². The van der Waals surface area contributed by atoms with Crippen molar-refractivity contribution in [2.45, 2.75) is 33.8 Å². The number of rotatable bonds is 3. The number of nitrogens with one attached hydrogen (secondary N) is 1. The molecule has 0 fully saturated rings. The third-order valence-corrected chi connectivity index (χ3v) is 1.64. The fourth-order valence-electron chi connectivity index (χ4n) is 0.423. The molecule has 3 heteroatoms. The van der Waals surface area contributed by atoms with E-state index in [9.17, 15) is 0 Å². The van der Waals surface area contributed by atoms with Crippen molar-refractivity contribution in [2.24, 2.45) is 11.3 Å². The van der Waals surface area contributed by atoms with Gasteiger partial charge in [0.25, 0.3) is 0 Å². The first kappa shape index (κ1) is 9.88. The van der Waals surface area contributed by atoms with Crippen LogP contribution in [0, 0.1) is 5.41 Å². The average Bonchev–Trinajstić information content (AvgIpc) is 1.80. The number of hydrogen-bond donors (Lipinski definition) is 2. The number of ether oxygens (including phenoxy) is 1. The highest BCUT2D eigenvalue weighted by molar-refractivity contribution is 4.69. The molecule has 0 saturated carbocycles. The molecule has 0 rings (SSSR count). The van der Waals surface area contributed by atoms with Gasteiger partial charge in [0.2, 0.25) is 0 Å². The van der Waals surface area contributed by atoms with Gasteiger partial charge in [-0.05, 0) is 12.3 Å². The molecule has 0 amide bonds. The molecule has 0 aliphatic carbocycles. The van der Waals surface area contributed by atoms with E-state index < -0.39 is 0 Å². The summed E-state index contributed by atoms with van der Waals surface area (Å²) in [4.78, 5) is 0. The van der Waals surface area contributed by atoms with Gasteiger partial charge in [-0.15, -0.1) is 0 Å². The van der Waals surface area contributed by atoms with Crippen LogP contribution in [-0.4, -0.2) is 12.8 Å². The number of nitrogens with two attached hydrogens (primary N) is 1. The van der Waals surface area contributed by atoms with Crippen molar-refractivity contribution < 1.29 is 4.74 Å². The second-order valence-electron chi connectivity index (χ2n) is 3.52. The maximum absolute atomic E-state index is 5.32. The predicted octanol–water partition coefficient (Wildman–Crippen LogP) is 0.858. The minimum Gasteiger partial charge on any atom is -0.362 e. The minimum absolute atomic E-state index is 0.191. The third kappa shape index (κ3) is 3.82. The van der Waals surface area contributed by atoms with Crippen molar-refractivity contribution in [3.8, 4) is 0 Å². The van der Waals surface area contributed by atoms with E-state index in [0.29, 0.717) is 6.73 Å². The Kier molecular flexibility index (Phi) is 3.86. The van der Waals surface area contributed by atoms with Crippen LogP contribution in [-0.2, 0) is 4.74 Å². The SMILES string of the molecule is CC(OCNN)C(C)(C)C. The van der Waals surface area contributed by atoms with Crippen LogP contribution < -0.4 is 11.3 Å². The topological polar surface area (TPSA) is 47.3 Å². The van der Waals surface area contributed by atoms with Gasteiger partial charge in [0, 0.05) is 0 Å². The van der Waals surface area contributed by atoms with Gasteiger partial charge in [-0.1, -0.05) is 20.8 Å². The molecule has 3 nitrogen and oxygen atoms in total. The molecule has 1 unspecified atom stereocenters. The third-order valence-electron chi connectivity index (χ3n) is 1.64. The summed E-state index contributed by atoms with van der Waals surface area (Å²) in [6.07, 6.45) is 0.226. The normalized spacial score (nSPS) is 15.3. The van der Waals surface area contributed by atoms with Crippen LogP contribution in [0.25, 0.3) is 0 Å². The predicted molar refractivity (Wildman–Crippen MR) is 42.2 cm³/mol. The molecule has 10 heavy (non-hydrogen) atoms. The van der Waals surface area contributed by atoms with Crippen LogP contribution in [0.15, 0.2) is 0 Å². The second-order valence-corrected chi connectivity index (χ2v) is 3.52. The Morgan fingerprint density at radius 3 is 2.30 bits per heavy atom. The fraction of sp³-hybridized carbons (Fsp3) is 1.00. The van der Waals surface area contributed by atoms with Crippen LogP contribution in [0.3, 0.4) is 0 Å². The van der Waals surface area contributed by atoms with E-state index in [4.69, 9.17) is 10.6 Å². The summed E-state index contributed by atoms with van der Waals surface area (Å²) in [5.74, 6) is 5.05. The summed E-state index contributed by atoms with van der Waals surface area (Å²) in [6, 6.07) is 0. The van der Waals surface area contributed by atoms with Crippen LogP contribution >= 0.6 is 0 Å². The van der Waals surface area contributed by atoms with Crippen LogP contribution in [0.4, 0.5) is 0 Å². The largest absolute Gasteiger partial charge is 0.362 e. The Hall–Kier alpha value is -0.120. The quantitative estimate of drug-likeness (QED) is 0.352. The number of hydrazine groups is 1. The molecule has 0 aliphatic heterocycles. The van der Waals surface area contributed by atoms with Crippen molar-refractivity contribution in [3.63, 3.8) is 0 Å². The van der Waals surface area contributed by atoms with E-state index in [1.165, 1.54) is 0 Å². The van der Waals surface area contributed by atoms with E-state index in [1.54, 1.807) is 0 Å². The molecule has 0 aromatic rings. The lowest BCUT2D eigenvalue weighted by atomic mass is 9.90. The molecule has 0 aromatic heterocycles. The zero-order chi connectivity index (χ0) is 8.20. The molecule has 1 atom stereocenters. The van der Waals surface area contributed by atoms with Gasteiger partial charge >= 0.3 is 0 Å². The van der Waals surface area contributed by atoms with Crippen LogP contribution in [0.5, 0.6) is 0 Å². The fourth-order valence-corrected chi connectivity index (χ4v) is 0.423. The molecular weight excluding hydrogens is 128 g/mol. The standard InChI is InChI=1S/C7H18N2O/c1-6(7(2,3)4)10-5-9-8/h6,9H,5,8H2,1-4H3. The first-order valence-corrected chi connectivity index (χ1v) is 3.53. The van der Waals surface area contributed by atoms with E-state index in [2.05, 4.69) is 26.2 Å². The maximum atomic E-state index is 5.32. The van der Waals surface area contributed by atoms with Gasteiger partial charge in [0.1, 0.15) is 6.73 Å². The Bertz CT molecular complexity index is 88.1. The van der Waals surface area contributed by atoms with E-state index in [1.807, 2.05) is 6.92 Å². The lowest BCUT2D eigenvalue weighted by Gasteiger charge is -2.26. The Morgan fingerprint density at radius 1 is 1.50 bits per heavy atom. The summed E-state index contributed by atoms with van der Waals surface area (Å²) in [5.41, 5.74) is 2.64. The highest BCUT2D eigenvalue weighted by Gasteiger charge is 2.19. The average molecular weight is 146 g/mol. The molecule has 62 valence electrons. The molecular formula is C7H18N2O. The van der Waals surface area contributed by atoms with E-state index >= 15 is 0 Å². The molecule has 0 bridgehead atoms. The molecule has 0 radical (unpaired) electrons. The summed E-state index contributed by atoms with van der Waals surface area (Å²) in [7, 11) is 0. The summed E-state index contributed by atoms with van der Waals surface area (Å²) < 4.78 is 5.32. The Balaban J connectivity index is 3.52. The van der Waals surface area contributed by atoms with Gasteiger partial charge < -0.3 is 4.74 Å². The van der Waals surface area contributed by atoms with Crippen molar-refractivity contribution in [1.29, 1.82) is 0 Å². The molecule has 0 heterocycles.